The minimum atomic E-state index is -3.49. The Bertz CT molecular complexity index is 595. The van der Waals surface area contributed by atoms with Gasteiger partial charge in [-0.15, -0.1) is 0 Å². The number of morpholine rings is 1. The average molecular weight is 377 g/mol. The van der Waals surface area contributed by atoms with Crippen molar-refractivity contribution in [3.8, 4) is 0 Å². The molecule has 1 aliphatic rings. The summed E-state index contributed by atoms with van der Waals surface area (Å²) in [4.78, 5) is 11.4. The van der Waals surface area contributed by atoms with E-state index in [-0.39, 0.29) is 15.6 Å². The van der Waals surface area contributed by atoms with E-state index in [1.807, 2.05) is 0 Å². The van der Waals surface area contributed by atoms with Crippen molar-refractivity contribution in [2.75, 3.05) is 31.6 Å². The molecule has 1 aromatic carbocycles. The van der Waals surface area contributed by atoms with Crippen molar-refractivity contribution in [2.45, 2.75) is 16.6 Å². The van der Waals surface area contributed by atoms with Crippen LogP contribution in [0.1, 0.15) is 6.92 Å². The zero-order valence-electron chi connectivity index (χ0n) is 11.6. The number of sulfonamides is 1. The number of amides is 1. The zero-order valence-corrected chi connectivity index (χ0v) is 14.0. The lowest BCUT2D eigenvalue weighted by Gasteiger charge is -2.26. The summed E-state index contributed by atoms with van der Waals surface area (Å²) in [5.74, 6) is -0.182. The number of carbonyl (C=O) groups excluding carboxylic acids is 1. The summed E-state index contributed by atoms with van der Waals surface area (Å²) in [5, 5.41) is 2.69. The molecule has 116 valence electrons. The normalized spacial score (nSPS) is 18.2. The number of ether oxygens (including phenoxy) is 1. The van der Waals surface area contributed by atoms with Gasteiger partial charge in [0.25, 0.3) is 0 Å². The van der Waals surface area contributed by atoms with Crippen molar-refractivity contribution >= 4 is 37.5 Å². The molecule has 8 heteroatoms. The number of alkyl halides is 1. The predicted molar refractivity (Wildman–Crippen MR) is 83.0 cm³/mol. The average Bonchev–Trinajstić information content (AvgIpc) is 2.48. The smallest absolute Gasteiger partial charge is 0.243 e. The van der Waals surface area contributed by atoms with Crippen molar-refractivity contribution in [3.05, 3.63) is 24.3 Å². The van der Waals surface area contributed by atoms with E-state index < -0.39 is 10.0 Å². The Morgan fingerprint density at radius 1 is 1.29 bits per heavy atom. The summed E-state index contributed by atoms with van der Waals surface area (Å²) < 4.78 is 31.4. The molecular weight excluding hydrogens is 360 g/mol. The van der Waals surface area contributed by atoms with Crippen LogP contribution in [0.3, 0.4) is 0 Å². The quantitative estimate of drug-likeness (QED) is 0.806. The van der Waals surface area contributed by atoms with Gasteiger partial charge in [0.1, 0.15) is 0 Å². The van der Waals surface area contributed by atoms with Crippen LogP contribution in [0.4, 0.5) is 5.69 Å². The molecule has 0 spiro atoms. The number of anilines is 1. The topological polar surface area (TPSA) is 75.7 Å². The lowest BCUT2D eigenvalue weighted by atomic mass is 10.3. The fourth-order valence-electron chi connectivity index (χ4n) is 1.89. The lowest BCUT2D eigenvalue weighted by molar-refractivity contribution is -0.115. The first kappa shape index (κ1) is 16.4. The van der Waals surface area contributed by atoms with Crippen LogP contribution in [0.25, 0.3) is 0 Å². The first-order valence-corrected chi connectivity index (χ1v) is 8.90. The Labute approximate surface area is 132 Å². The van der Waals surface area contributed by atoms with E-state index >= 15 is 0 Å². The standard InChI is InChI=1S/C13H17BrN2O4S/c1-10(14)13(17)15-11-2-4-12(5-3-11)21(18,19)16-6-8-20-9-7-16/h2-5,10H,6-9H2,1H3,(H,15,17). The van der Waals surface area contributed by atoms with Crippen LogP contribution in [0.5, 0.6) is 0 Å². The van der Waals surface area contributed by atoms with Gasteiger partial charge in [0.2, 0.25) is 15.9 Å². The van der Waals surface area contributed by atoms with Gasteiger partial charge in [-0.2, -0.15) is 4.31 Å². The molecule has 2 rings (SSSR count). The Balaban J connectivity index is 2.12. The number of hydrogen-bond acceptors (Lipinski definition) is 4. The van der Waals surface area contributed by atoms with Gasteiger partial charge in [0, 0.05) is 18.8 Å². The van der Waals surface area contributed by atoms with E-state index in [1.54, 1.807) is 19.1 Å². The number of halogens is 1. The van der Waals surface area contributed by atoms with Crippen LogP contribution in [0.15, 0.2) is 29.2 Å². The summed E-state index contributed by atoms with van der Waals surface area (Å²) in [5.41, 5.74) is 0.562. The van der Waals surface area contributed by atoms with Gasteiger partial charge in [0.05, 0.1) is 22.9 Å². The van der Waals surface area contributed by atoms with Gasteiger partial charge in [-0.1, -0.05) is 15.9 Å². The third-order valence-electron chi connectivity index (χ3n) is 3.09. The van der Waals surface area contributed by atoms with Crippen LogP contribution in [-0.4, -0.2) is 49.8 Å². The molecule has 0 aliphatic carbocycles. The molecule has 1 atom stereocenters. The van der Waals surface area contributed by atoms with Crippen molar-refractivity contribution < 1.29 is 17.9 Å². The third-order valence-corrected chi connectivity index (χ3v) is 5.42. The highest BCUT2D eigenvalue weighted by Crippen LogP contribution is 2.19. The Morgan fingerprint density at radius 3 is 2.38 bits per heavy atom. The molecule has 1 unspecified atom stereocenters. The Kier molecular flexibility index (Phi) is 5.37. The second-order valence-corrected chi connectivity index (χ2v) is 7.96. The molecule has 1 heterocycles. The molecule has 0 bridgehead atoms. The summed E-state index contributed by atoms with van der Waals surface area (Å²) in [6.45, 7) is 3.27. The SMILES string of the molecule is CC(Br)C(=O)Nc1ccc(S(=O)(=O)N2CCOCC2)cc1. The molecule has 1 N–H and O–H groups in total. The van der Waals surface area contributed by atoms with Gasteiger partial charge in [0.15, 0.2) is 0 Å². The van der Waals surface area contributed by atoms with Crippen LogP contribution in [0, 0.1) is 0 Å². The largest absolute Gasteiger partial charge is 0.379 e. The van der Waals surface area contributed by atoms with E-state index in [0.717, 1.165) is 0 Å². The van der Waals surface area contributed by atoms with Crippen LogP contribution in [-0.2, 0) is 19.6 Å². The molecule has 0 radical (unpaired) electrons. The second kappa shape index (κ2) is 6.87. The number of nitrogens with zero attached hydrogens (tertiary/aromatic N) is 1. The molecule has 1 fully saturated rings. The minimum absolute atomic E-state index is 0.182. The molecule has 0 aromatic heterocycles. The number of benzene rings is 1. The van der Waals surface area contributed by atoms with E-state index in [2.05, 4.69) is 21.2 Å². The molecule has 1 aliphatic heterocycles. The maximum Gasteiger partial charge on any atom is 0.243 e. The van der Waals surface area contributed by atoms with Gasteiger partial charge in [-0.25, -0.2) is 8.42 Å². The van der Waals surface area contributed by atoms with Crippen molar-refractivity contribution in [2.24, 2.45) is 0 Å². The van der Waals surface area contributed by atoms with Gasteiger partial charge < -0.3 is 10.1 Å². The number of rotatable bonds is 4. The van der Waals surface area contributed by atoms with E-state index in [1.165, 1.54) is 16.4 Å². The van der Waals surface area contributed by atoms with E-state index in [9.17, 15) is 13.2 Å². The predicted octanol–water partition coefficient (Wildman–Crippen LogP) is 1.43. The fraction of sp³-hybridized carbons (Fsp3) is 0.462. The molecule has 1 aromatic rings. The minimum Gasteiger partial charge on any atom is -0.379 e. The summed E-state index contributed by atoms with van der Waals surface area (Å²) in [6.07, 6.45) is 0. The number of hydrogen-bond donors (Lipinski definition) is 1. The van der Waals surface area contributed by atoms with Gasteiger partial charge in [-0.05, 0) is 31.2 Å². The lowest BCUT2D eigenvalue weighted by Crippen LogP contribution is -2.40. The number of carbonyl (C=O) groups is 1. The molecule has 0 saturated carbocycles. The first-order chi connectivity index (χ1) is 9.91. The van der Waals surface area contributed by atoms with Gasteiger partial charge >= 0.3 is 0 Å². The summed E-state index contributed by atoms with van der Waals surface area (Å²) >= 11 is 3.17. The molecule has 21 heavy (non-hydrogen) atoms. The highest BCUT2D eigenvalue weighted by Gasteiger charge is 2.26. The molecule has 1 saturated heterocycles. The molecular formula is C13H17BrN2O4S. The van der Waals surface area contributed by atoms with Crippen LogP contribution >= 0.6 is 15.9 Å². The van der Waals surface area contributed by atoms with Crippen LogP contribution < -0.4 is 5.32 Å². The molecule has 6 nitrogen and oxygen atoms in total. The number of nitrogens with one attached hydrogen (secondary N) is 1. The third kappa shape index (κ3) is 4.03. The Morgan fingerprint density at radius 2 is 1.86 bits per heavy atom. The first-order valence-electron chi connectivity index (χ1n) is 6.54. The fourth-order valence-corrected chi connectivity index (χ4v) is 3.41. The summed E-state index contributed by atoms with van der Waals surface area (Å²) in [6, 6.07) is 6.17. The van der Waals surface area contributed by atoms with Crippen molar-refractivity contribution in [3.63, 3.8) is 0 Å². The van der Waals surface area contributed by atoms with E-state index in [4.69, 9.17) is 4.74 Å². The highest BCUT2D eigenvalue weighted by atomic mass is 79.9. The van der Waals surface area contributed by atoms with Crippen molar-refractivity contribution in [1.29, 1.82) is 0 Å². The van der Waals surface area contributed by atoms with Crippen molar-refractivity contribution in [1.82, 2.24) is 4.31 Å². The highest BCUT2D eigenvalue weighted by molar-refractivity contribution is 9.10. The Hall–Kier alpha value is -0.960. The molecule has 1 amide bonds. The monoisotopic (exact) mass is 376 g/mol. The maximum absolute atomic E-state index is 12.4. The van der Waals surface area contributed by atoms with E-state index in [0.29, 0.717) is 32.0 Å². The zero-order chi connectivity index (χ0) is 15.5. The maximum atomic E-state index is 12.4. The van der Waals surface area contributed by atoms with Crippen LogP contribution in [0.2, 0.25) is 0 Å². The van der Waals surface area contributed by atoms with Gasteiger partial charge in [-0.3, -0.25) is 4.79 Å². The second-order valence-electron chi connectivity index (χ2n) is 4.65. The summed E-state index contributed by atoms with van der Waals surface area (Å²) in [7, 11) is -3.49.